The van der Waals surface area contributed by atoms with Crippen molar-refractivity contribution in [2.75, 3.05) is 39.3 Å². The lowest BCUT2D eigenvalue weighted by molar-refractivity contribution is -0.136. The second-order valence-corrected chi connectivity index (χ2v) is 7.85. The molecule has 154 valence electrons. The fourth-order valence-electron chi connectivity index (χ4n) is 4.17. The highest BCUT2D eigenvalue weighted by Crippen LogP contribution is 2.22. The summed E-state index contributed by atoms with van der Waals surface area (Å²) in [5.41, 5.74) is 2.37. The number of pyridine rings is 1. The zero-order chi connectivity index (χ0) is 19.9. The van der Waals surface area contributed by atoms with E-state index in [1.54, 1.807) is 6.20 Å². The molecule has 1 aromatic carbocycles. The van der Waals surface area contributed by atoms with Gasteiger partial charge in [0.15, 0.2) is 0 Å². The molecule has 29 heavy (non-hydrogen) atoms. The molecule has 6 nitrogen and oxygen atoms in total. The van der Waals surface area contributed by atoms with Gasteiger partial charge in [0, 0.05) is 51.2 Å². The van der Waals surface area contributed by atoms with Crippen molar-refractivity contribution >= 4 is 5.91 Å². The molecule has 1 amide bonds. The summed E-state index contributed by atoms with van der Waals surface area (Å²) < 4.78 is 6.06. The summed E-state index contributed by atoms with van der Waals surface area (Å²) in [6.07, 6.45) is 5.75. The van der Waals surface area contributed by atoms with Gasteiger partial charge in [-0.1, -0.05) is 36.4 Å². The molecule has 0 spiro atoms. The quantitative estimate of drug-likeness (QED) is 0.814. The molecule has 1 aromatic heterocycles. The predicted octanol–water partition coefficient (Wildman–Crippen LogP) is 2.24. The van der Waals surface area contributed by atoms with Gasteiger partial charge in [-0.05, 0) is 30.0 Å². The number of rotatable bonds is 6. The Kier molecular flexibility index (Phi) is 6.87. The maximum absolute atomic E-state index is 12.9. The van der Waals surface area contributed by atoms with Gasteiger partial charge >= 0.3 is 0 Å². The van der Waals surface area contributed by atoms with Crippen LogP contribution in [0.1, 0.15) is 30.0 Å². The summed E-state index contributed by atoms with van der Waals surface area (Å²) in [4.78, 5) is 21.5. The van der Waals surface area contributed by atoms with Gasteiger partial charge in [0.2, 0.25) is 5.91 Å². The maximum atomic E-state index is 12.9. The number of nitrogens with zero attached hydrogens (tertiary/aromatic N) is 3. The summed E-state index contributed by atoms with van der Waals surface area (Å²) in [5, 5.41) is 3.44. The van der Waals surface area contributed by atoms with E-state index in [0.29, 0.717) is 13.2 Å². The first-order chi connectivity index (χ1) is 14.3. The number of carbonyl (C=O) groups excluding carboxylic acids is 1. The number of likely N-dealkylation sites (tertiary alicyclic amines) is 1. The fraction of sp³-hybridized carbons (Fsp3) is 0.478. The number of benzene rings is 1. The molecule has 2 saturated heterocycles. The number of carbonyl (C=O) groups is 1. The molecule has 1 N–H and O–H groups in total. The number of ether oxygens (including phenoxy) is 1. The van der Waals surface area contributed by atoms with Gasteiger partial charge in [0.25, 0.3) is 0 Å². The molecule has 2 aromatic rings. The van der Waals surface area contributed by atoms with Crippen LogP contribution in [-0.2, 0) is 16.1 Å². The van der Waals surface area contributed by atoms with Crippen LogP contribution in [-0.4, -0.2) is 66.1 Å². The lowest BCUT2D eigenvalue weighted by Gasteiger charge is -2.38. The van der Waals surface area contributed by atoms with Crippen LogP contribution in [0.4, 0.5) is 0 Å². The fourth-order valence-corrected chi connectivity index (χ4v) is 4.17. The first-order valence-corrected chi connectivity index (χ1v) is 10.6. The normalized spacial score (nSPS) is 21.2. The van der Waals surface area contributed by atoms with E-state index >= 15 is 0 Å². The molecule has 1 atom stereocenters. The summed E-state index contributed by atoms with van der Waals surface area (Å²) in [6.45, 7) is 5.32. The van der Waals surface area contributed by atoms with Gasteiger partial charge in [0.05, 0.1) is 19.3 Å². The van der Waals surface area contributed by atoms with E-state index in [2.05, 4.69) is 33.4 Å². The van der Waals surface area contributed by atoms with Crippen LogP contribution < -0.4 is 5.32 Å². The summed E-state index contributed by atoms with van der Waals surface area (Å²) in [7, 11) is 0. The lowest BCUT2D eigenvalue weighted by atomic mass is 10.0. The van der Waals surface area contributed by atoms with E-state index in [1.807, 2.05) is 35.4 Å². The number of amides is 1. The molecule has 2 aliphatic heterocycles. The predicted molar refractivity (Wildman–Crippen MR) is 112 cm³/mol. The largest absolute Gasteiger partial charge is 0.373 e. The average molecular weight is 395 g/mol. The van der Waals surface area contributed by atoms with Crippen LogP contribution in [0.3, 0.4) is 0 Å². The Morgan fingerprint density at radius 3 is 2.69 bits per heavy atom. The number of aromatic nitrogens is 1. The number of hydrogen-bond acceptors (Lipinski definition) is 5. The number of piperidine rings is 1. The second-order valence-electron chi connectivity index (χ2n) is 7.85. The van der Waals surface area contributed by atoms with Crippen molar-refractivity contribution in [1.29, 1.82) is 0 Å². The van der Waals surface area contributed by atoms with Crippen LogP contribution in [0.15, 0.2) is 54.9 Å². The third-order valence-corrected chi connectivity index (χ3v) is 5.89. The van der Waals surface area contributed by atoms with Crippen LogP contribution in [0.5, 0.6) is 0 Å². The van der Waals surface area contributed by atoms with Gasteiger partial charge in [-0.2, -0.15) is 0 Å². The number of nitrogens with one attached hydrogen (secondary N) is 1. The minimum atomic E-state index is 0.202. The highest BCUT2D eigenvalue weighted by atomic mass is 16.5. The molecule has 2 aliphatic rings. The molecular formula is C23H30N4O2. The summed E-state index contributed by atoms with van der Waals surface area (Å²) in [6, 6.07) is 14.5. The number of hydrogen-bond donors (Lipinski definition) is 1. The van der Waals surface area contributed by atoms with Crippen LogP contribution in [0, 0.1) is 0 Å². The molecule has 1 unspecified atom stereocenters. The molecular weight excluding hydrogens is 364 g/mol. The first kappa shape index (κ1) is 20.0. The van der Waals surface area contributed by atoms with E-state index in [-0.39, 0.29) is 18.1 Å². The monoisotopic (exact) mass is 394 g/mol. The Hall–Kier alpha value is -2.28. The third-order valence-electron chi connectivity index (χ3n) is 5.89. The van der Waals surface area contributed by atoms with Crippen molar-refractivity contribution < 1.29 is 9.53 Å². The number of piperazine rings is 1. The molecule has 4 rings (SSSR count). The van der Waals surface area contributed by atoms with Gasteiger partial charge < -0.3 is 15.0 Å². The van der Waals surface area contributed by atoms with Crippen molar-refractivity contribution in [3.8, 4) is 0 Å². The Bertz CT molecular complexity index is 763. The first-order valence-electron chi connectivity index (χ1n) is 10.6. The van der Waals surface area contributed by atoms with Gasteiger partial charge in [0.1, 0.15) is 0 Å². The van der Waals surface area contributed by atoms with Gasteiger partial charge in [-0.3, -0.25) is 14.7 Å². The van der Waals surface area contributed by atoms with Crippen molar-refractivity contribution in [2.24, 2.45) is 0 Å². The van der Waals surface area contributed by atoms with Crippen molar-refractivity contribution in [3.05, 3.63) is 66.0 Å². The van der Waals surface area contributed by atoms with E-state index in [9.17, 15) is 4.79 Å². The van der Waals surface area contributed by atoms with Crippen LogP contribution in [0.25, 0.3) is 0 Å². The smallest absolute Gasteiger partial charge is 0.236 e. The third kappa shape index (κ3) is 5.41. The van der Waals surface area contributed by atoms with Gasteiger partial charge in [-0.25, -0.2) is 0 Å². The molecule has 0 bridgehead atoms. The van der Waals surface area contributed by atoms with Crippen LogP contribution >= 0.6 is 0 Å². The van der Waals surface area contributed by atoms with E-state index < -0.39 is 0 Å². The standard InChI is InChI=1S/C23H30N4O2/c28-23(17-27-14-11-25-16-22(27)20-7-4-10-24-15-20)26-12-8-21(9-13-26)29-18-19-5-2-1-3-6-19/h1-7,10,15,21-22,25H,8-9,11-14,16-18H2. The second kappa shape index (κ2) is 9.96. The SMILES string of the molecule is O=C(CN1CCNCC1c1cccnc1)N1CCC(OCc2ccccc2)CC1. The molecule has 2 fully saturated rings. The van der Waals surface area contributed by atoms with E-state index in [0.717, 1.165) is 45.6 Å². The summed E-state index contributed by atoms with van der Waals surface area (Å²) >= 11 is 0. The van der Waals surface area contributed by atoms with Crippen molar-refractivity contribution in [2.45, 2.75) is 31.6 Å². The molecule has 0 aliphatic carbocycles. The highest BCUT2D eigenvalue weighted by molar-refractivity contribution is 5.78. The molecule has 3 heterocycles. The molecule has 6 heteroatoms. The lowest BCUT2D eigenvalue weighted by Crippen LogP contribution is -2.51. The molecule has 0 radical (unpaired) electrons. The Morgan fingerprint density at radius 2 is 1.93 bits per heavy atom. The Morgan fingerprint density at radius 1 is 1.10 bits per heavy atom. The molecule has 0 saturated carbocycles. The maximum Gasteiger partial charge on any atom is 0.236 e. The zero-order valence-electron chi connectivity index (χ0n) is 16.9. The minimum absolute atomic E-state index is 0.202. The van der Waals surface area contributed by atoms with Gasteiger partial charge in [-0.15, -0.1) is 0 Å². The van der Waals surface area contributed by atoms with E-state index in [4.69, 9.17) is 4.74 Å². The topological polar surface area (TPSA) is 57.7 Å². The average Bonchev–Trinajstić information content (AvgIpc) is 2.80. The highest BCUT2D eigenvalue weighted by Gasteiger charge is 2.29. The Labute approximate surface area is 172 Å². The van der Waals surface area contributed by atoms with E-state index in [1.165, 1.54) is 11.1 Å². The minimum Gasteiger partial charge on any atom is -0.373 e. The van der Waals surface area contributed by atoms with Crippen molar-refractivity contribution in [1.82, 2.24) is 20.1 Å². The Balaban J connectivity index is 1.26. The van der Waals surface area contributed by atoms with Crippen molar-refractivity contribution in [3.63, 3.8) is 0 Å². The van der Waals surface area contributed by atoms with Crippen LogP contribution in [0.2, 0.25) is 0 Å². The summed E-state index contributed by atoms with van der Waals surface area (Å²) in [5.74, 6) is 0.224. The zero-order valence-corrected chi connectivity index (χ0v) is 16.9.